The molecule has 0 bridgehead atoms. The van der Waals surface area contributed by atoms with E-state index < -0.39 is 0 Å². The highest BCUT2D eigenvalue weighted by Gasteiger charge is 2.52. The van der Waals surface area contributed by atoms with E-state index in [0.717, 1.165) is 0 Å². The zero-order valence-corrected chi connectivity index (χ0v) is 13.7. The molecule has 0 aromatic carbocycles. The number of fused-ring (bicyclic) bond motifs is 1. The summed E-state index contributed by atoms with van der Waals surface area (Å²) >= 11 is 0. The maximum absolute atomic E-state index is 12.5. The number of hydrogen-bond acceptors (Lipinski definition) is 5. The van der Waals surface area contributed by atoms with E-state index in [4.69, 9.17) is 4.52 Å². The van der Waals surface area contributed by atoms with E-state index in [1.54, 1.807) is 18.7 Å². The maximum Gasteiger partial charge on any atom is 0.259 e. The first kappa shape index (κ1) is 15.1. The zero-order chi connectivity index (χ0) is 17.0. The number of likely N-dealkylation sites (tertiary alicyclic amines) is 2. The van der Waals surface area contributed by atoms with Crippen molar-refractivity contribution >= 4 is 17.7 Å². The summed E-state index contributed by atoms with van der Waals surface area (Å²) < 4.78 is 5.04. The van der Waals surface area contributed by atoms with E-state index in [0.29, 0.717) is 42.9 Å². The summed E-state index contributed by atoms with van der Waals surface area (Å²) in [5.41, 5.74) is 1.04. The van der Waals surface area contributed by atoms with Gasteiger partial charge >= 0.3 is 0 Å². The predicted octanol–water partition coefficient (Wildman–Crippen LogP) is 1.07. The Bertz CT molecular complexity index is 714. The van der Waals surface area contributed by atoms with Gasteiger partial charge in [0.05, 0.1) is 23.6 Å². The van der Waals surface area contributed by atoms with Crippen molar-refractivity contribution in [2.75, 3.05) is 13.1 Å². The molecule has 2 aliphatic heterocycles. The summed E-state index contributed by atoms with van der Waals surface area (Å²) in [6, 6.07) is -0.208. The van der Waals surface area contributed by atoms with Gasteiger partial charge in [0.1, 0.15) is 11.3 Å². The fourth-order valence-corrected chi connectivity index (χ4v) is 3.92. The summed E-state index contributed by atoms with van der Waals surface area (Å²) in [5.74, 6) is -0.246. The van der Waals surface area contributed by atoms with Crippen LogP contribution in [0.4, 0.5) is 0 Å². The Morgan fingerprint density at radius 2 is 1.71 bits per heavy atom. The molecule has 24 heavy (non-hydrogen) atoms. The lowest BCUT2D eigenvalue weighted by molar-refractivity contribution is -0.145. The van der Waals surface area contributed by atoms with Gasteiger partial charge in [0.2, 0.25) is 11.8 Å². The molecular formula is C17H19N3O4. The molecule has 7 nitrogen and oxygen atoms in total. The molecular weight excluding hydrogens is 310 g/mol. The molecule has 3 heterocycles. The molecule has 4 rings (SSSR count). The van der Waals surface area contributed by atoms with E-state index in [-0.39, 0.29) is 35.6 Å². The third kappa shape index (κ3) is 2.03. The Hall–Kier alpha value is -2.44. The van der Waals surface area contributed by atoms with Gasteiger partial charge in [-0.1, -0.05) is 17.3 Å². The van der Waals surface area contributed by atoms with Gasteiger partial charge < -0.3 is 9.42 Å². The number of nitrogens with zero attached hydrogens (tertiary/aromatic N) is 3. The zero-order valence-electron chi connectivity index (χ0n) is 13.7. The summed E-state index contributed by atoms with van der Waals surface area (Å²) in [4.78, 5) is 40.7. The summed E-state index contributed by atoms with van der Waals surface area (Å²) in [6.45, 7) is 4.20. The lowest BCUT2D eigenvalue weighted by Gasteiger charge is -2.43. The molecule has 3 aliphatic rings. The first-order valence-corrected chi connectivity index (χ1v) is 8.23. The average molecular weight is 329 g/mol. The molecule has 0 N–H and O–H groups in total. The third-order valence-electron chi connectivity index (χ3n) is 5.30. The molecule has 0 spiro atoms. The lowest BCUT2D eigenvalue weighted by Crippen LogP contribution is -2.62. The minimum Gasteiger partial charge on any atom is -0.361 e. The number of carbonyl (C=O) groups is 3. The van der Waals surface area contributed by atoms with Gasteiger partial charge in [0.15, 0.2) is 0 Å². The molecule has 2 saturated heterocycles. The Morgan fingerprint density at radius 3 is 2.21 bits per heavy atom. The number of rotatable bonds is 2. The Morgan fingerprint density at radius 1 is 1.12 bits per heavy atom. The van der Waals surface area contributed by atoms with Gasteiger partial charge in [-0.05, 0) is 26.7 Å². The molecule has 7 heteroatoms. The van der Waals surface area contributed by atoms with Crippen LogP contribution >= 0.6 is 0 Å². The summed E-state index contributed by atoms with van der Waals surface area (Å²) in [5, 5.41) is 3.80. The van der Waals surface area contributed by atoms with E-state index >= 15 is 0 Å². The van der Waals surface area contributed by atoms with Crippen LogP contribution in [-0.4, -0.2) is 51.8 Å². The first-order chi connectivity index (χ1) is 11.5. The van der Waals surface area contributed by atoms with Crippen LogP contribution in [0.5, 0.6) is 0 Å². The van der Waals surface area contributed by atoms with Crippen LogP contribution in [0, 0.1) is 25.7 Å². The molecule has 3 amide bonds. The highest BCUT2D eigenvalue weighted by molar-refractivity contribution is 6.06. The van der Waals surface area contributed by atoms with Gasteiger partial charge in [-0.3, -0.25) is 19.3 Å². The van der Waals surface area contributed by atoms with Gasteiger partial charge in [-0.25, -0.2) is 0 Å². The SMILES string of the molecule is Cc1noc(C)c1C(=O)N1CC(N2C(=O)[C@H]3CC=CC[C@H]3C2=O)C1. The van der Waals surface area contributed by atoms with E-state index in [2.05, 4.69) is 5.16 Å². The number of amides is 3. The molecule has 1 aromatic rings. The second-order valence-corrected chi connectivity index (χ2v) is 6.77. The highest BCUT2D eigenvalue weighted by Crippen LogP contribution is 2.37. The van der Waals surface area contributed by atoms with Crippen molar-refractivity contribution in [1.29, 1.82) is 0 Å². The first-order valence-electron chi connectivity index (χ1n) is 8.23. The van der Waals surface area contributed by atoms with Crippen molar-refractivity contribution in [1.82, 2.24) is 15.0 Å². The number of aryl methyl sites for hydroxylation is 2. The summed E-state index contributed by atoms with van der Waals surface area (Å²) in [7, 11) is 0. The van der Waals surface area contributed by atoms with Crippen molar-refractivity contribution in [3.05, 3.63) is 29.2 Å². The van der Waals surface area contributed by atoms with Gasteiger partial charge in [0.25, 0.3) is 5.91 Å². The van der Waals surface area contributed by atoms with Crippen molar-refractivity contribution in [2.45, 2.75) is 32.7 Å². The molecule has 1 aliphatic carbocycles. The van der Waals surface area contributed by atoms with E-state index in [9.17, 15) is 14.4 Å². The standard InChI is InChI=1S/C17H19N3O4/c1-9-14(10(2)24-18-9)17(23)19-7-11(8-19)20-15(21)12-5-3-4-6-13(12)16(20)22/h3-4,11-13H,5-8H2,1-2H3/t12-,13+. The van der Waals surface area contributed by atoms with Crippen molar-refractivity contribution in [3.8, 4) is 0 Å². The smallest absolute Gasteiger partial charge is 0.259 e. The lowest BCUT2D eigenvalue weighted by atomic mass is 9.85. The van der Waals surface area contributed by atoms with E-state index in [1.807, 2.05) is 12.2 Å². The predicted molar refractivity (Wildman–Crippen MR) is 82.9 cm³/mol. The van der Waals surface area contributed by atoms with Crippen LogP contribution in [0.1, 0.15) is 34.7 Å². The Balaban J connectivity index is 1.45. The molecule has 0 unspecified atom stereocenters. The number of hydrogen-bond donors (Lipinski definition) is 0. The molecule has 0 radical (unpaired) electrons. The number of allylic oxidation sites excluding steroid dienone is 2. The van der Waals surface area contributed by atoms with Gasteiger partial charge in [0, 0.05) is 13.1 Å². The van der Waals surface area contributed by atoms with Gasteiger partial charge in [-0.15, -0.1) is 0 Å². The molecule has 2 fully saturated rings. The largest absolute Gasteiger partial charge is 0.361 e. The van der Waals surface area contributed by atoms with Crippen LogP contribution < -0.4 is 0 Å². The monoisotopic (exact) mass is 329 g/mol. The van der Waals surface area contributed by atoms with E-state index in [1.165, 1.54) is 4.90 Å². The quantitative estimate of drug-likeness (QED) is 0.598. The maximum atomic E-state index is 12.5. The normalized spacial score (nSPS) is 26.8. The van der Waals surface area contributed by atoms with Crippen LogP contribution in [-0.2, 0) is 9.59 Å². The molecule has 126 valence electrons. The molecule has 0 saturated carbocycles. The fourth-order valence-electron chi connectivity index (χ4n) is 3.92. The fraction of sp³-hybridized carbons (Fsp3) is 0.529. The highest BCUT2D eigenvalue weighted by atomic mass is 16.5. The minimum absolute atomic E-state index is 0.0798. The van der Waals surface area contributed by atoms with Crippen molar-refractivity contribution in [3.63, 3.8) is 0 Å². The Kier molecular flexibility index (Phi) is 3.33. The summed E-state index contributed by atoms with van der Waals surface area (Å²) in [6.07, 6.45) is 5.23. The van der Waals surface area contributed by atoms with Gasteiger partial charge in [-0.2, -0.15) is 0 Å². The van der Waals surface area contributed by atoms with Crippen LogP contribution in [0.25, 0.3) is 0 Å². The van der Waals surface area contributed by atoms with Crippen LogP contribution in [0.2, 0.25) is 0 Å². The second kappa shape index (κ2) is 5.29. The number of aromatic nitrogens is 1. The molecule has 1 aromatic heterocycles. The second-order valence-electron chi connectivity index (χ2n) is 6.77. The number of imide groups is 1. The average Bonchev–Trinajstić information content (AvgIpc) is 2.98. The minimum atomic E-state index is -0.213. The number of carbonyl (C=O) groups excluding carboxylic acids is 3. The molecule has 2 atom stereocenters. The van der Waals surface area contributed by atoms with Crippen molar-refractivity contribution in [2.24, 2.45) is 11.8 Å². The van der Waals surface area contributed by atoms with Crippen LogP contribution in [0.3, 0.4) is 0 Å². The topological polar surface area (TPSA) is 83.7 Å². The van der Waals surface area contributed by atoms with Crippen LogP contribution in [0.15, 0.2) is 16.7 Å². The Labute approximate surface area is 139 Å². The van der Waals surface area contributed by atoms with Crippen molar-refractivity contribution < 1.29 is 18.9 Å². The third-order valence-corrected chi connectivity index (χ3v) is 5.30.